The second-order valence-electron chi connectivity index (χ2n) is 6.99. The van der Waals surface area contributed by atoms with E-state index in [9.17, 15) is 9.59 Å². The van der Waals surface area contributed by atoms with E-state index in [1.807, 2.05) is 0 Å². The fourth-order valence-electron chi connectivity index (χ4n) is 2.97. The first kappa shape index (κ1) is 23.3. The van der Waals surface area contributed by atoms with Gasteiger partial charge >= 0.3 is 5.97 Å². The first-order chi connectivity index (χ1) is 16.4. The maximum absolute atomic E-state index is 12.5. The number of carbonyl (C=O) groups excluding carboxylic acids is 2. The smallest absolute Gasteiger partial charge is 0.337 e. The molecule has 174 valence electrons. The molecular formula is C23H18Cl2N4O5. The number of aromatic nitrogens is 3. The summed E-state index contributed by atoms with van der Waals surface area (Å²) in [6.45, 7) is 0.389. The molecule has 2 aromatic carbocycles. The zero-order chi connectivity index (χ0) is 24.1. The van der Waals surface area contributed by atoms with Crippen molar-refractivity contribution in [2.75, 3.05) is 12.4 Å². The zero-order valence-electron chi connectivity index (χ0n) is 17.8. The van der Waals surface area contributed by atoms with Gasteiger partial charge in [0.2, 0.25) is 5.95 Å². The average molecular weight is 501 g/mol. The third-order valence-corrected chi connectivity index (χ3v) is 5.39. The number of benzene rings is 2. The van der Waals surface area contributed by atoms with Crippen LogP contribution in [0.15, 0.2) is 65.3 Å². The van der Waals surface area contributed by atoms with Crippen LogP contribution in [0.25, 0.3) is 0 Å². The molecule has 11 heteroatoms. The number of carbonyl (C=O) groups is 2. The Morgan fingerprint density at radius 1 is 1.06 bits per heavy atom. The third kappa shape index (κ3) is 5.56. The summed E-state index contributed by atoms with van der Waals surface area (Å²) in [5.41, 5.74) is 1.11. The molecule has 1 N–H and O–H groups in total. The molecule has 2 heterocycles. The topological polar surface area (TPSA) is 108 Å². The van der Waals surface area contributed by atoms with E-state index >= 15 is 0 Å². The lowest BCUT2D eigenvalue weighted by atomic mass is 10.2. The average Bonchev–Trinajstić information content (AvgIpc) is 3.49. The fourth-order valence-corrected chi connectivity index (χ4v) is 3.49. The number of methoxy groups -OCH3 is 1. The highest BCUT2D eigenvalue weighted by Crippen LogP contribution is 2.25. The molecule has 2 aromatic heterocycles. The molecule has 0 aliphatic heterocycles. The van der Waals surface area contributed by atoms with Crippen molar-refractivity contribution < 1.29 is 23.5 Å². The van der Waals surface area contributed by atoms with Gasteiger partial charge in [-0.2, -0.15) is 0 Å². The summed E-state index contributed by atoms with van der Waals surface area (Å²) < 4.78 is 17.3. The van der Waals surface area contributed by atoms with E-state index in [1.165, 1.54) is 24.2 Å². The van der Waals surface area contributed by atoms with Crippen LogP contribution in [0.5, 0.6) is 5.75 Å². The number of hydrogen-bond acceptors (Lipinski definition) is 7. The lowest BCUT2D eigenvalue weighted by Gasteiger charge is -2.06. The predicted octanol–water partition coefficient (Wildman–Crippen LogP) is 4.84. The standard InChI is InChI=1S/C23H18Cl2N4O5/c1-32-22(31)14-5-7-15(8-6-14)33-12-16-9-10-20(34-16)21(30)27-23-26-13-29(28-23)11-17-18(24)3-2-4-19(17)25/h2-10,13H,11-12H2,1H3,(H,27,28,30). The second-order valence-corrected chi connectivity index (χ2v) is 7.81. The van der Waals surface area contributed by atoms with E-state index in [2.05, 4.69) is 20.1 Å². The first-order valence-electron chi connectivity index (χ1n) is 9.96. The molecule has 0 bridgehead atoms. The number of nitrogens with zero attached hydrogens (tertiary/aromatic N) is 3. The van der Waals surface area contributed by atoms with Gasteiger partial charge in [-0.3, -0.25) is 10.1 Å². The van der Waals surface area contributed by atoms with Crippen molar-refractivity contribution in [3.05, 3.63) is 93.6 Å². The molecule has 4 rings (SSSR count). The van der Waals surface area contributed by atoms with Gasteiger partial charge in [0, 0.05) is 15.6 Å². The van der Waals surface area contributed by atoms with Crippen LogP contribution in [0, 0.1) is 0 Å². The highest BCUT2D eigenvalue weighted by molar-refractivity contribution is 6.35. The van der Waals surface area contributed by atoms with Gasteiger partial charge in [-0.1, -0.05) is 29.3 Å². The van der Waals surface area contributed by atoms with Crippen LogP contribution in [0.1, 0.15) is 32.2 Å². The number of rotatable bonds is 8. The summed E-state index contributed by atoms with van der Waals surface area (Å²) in [5.74, 6) is 0.207. The van der Waals surface area contributed by atoms with Gasteiger partial charge in [-0.15, -0.1) is 5.10 Å². The molecular weight excluding hydrogens is 483 g/mol. The highest BCUT2D eigenvalue weighted by Gasteiger charge is 2.15. The molecule has 1 amide bonds. The molecule has 0 aliphatic carbocycles. The Morgan fingerprint density at radius 2 is 1.79 bits per heavy atom. The predicted molar refractivity (Wildman–Crippen MR) is 124 cm³/mol. The summed E-state index contributed by atoms with van der Waals surface area (Å²) in [6.07, 6.45) is 1.46. The van der Waals surface area contributed by atoms with Crippen LogP contribution in [0.4, 0.5) is 5.95 Å². The molecule has 0 fully saturated rings. The van der Waals surface area contributed by atoms with E-state index in [1.54, 1.807) is 48.5 Å². The Balaban J connectivity index is 1.33. The highest BCUT2D eigenvalue weighted by atomic mass is 35.5. The van der Waals surface area contributed by atoms with Gasteiger partial charge in [0.25, 0.3) is 5.91 Å². The van der Waals surface area contributed by atoms with Crippen LogP contribution < -0.4 is 10.1 Å². The number of halogens is 2. The van der Waals surface area contributed by atoms with E-state index in [-0.39, 0.29) is 18.3 Å². The van der Waals surface area contributed by atoms with Crippen LogP contribution >= 0.6 is 23.2 Å². The van der Waals surface area contributed by atoms with Crippen molar-refractivity contribution in [1.82, 2.24) is 14.8 Å². The SMILES string of the molecule is COC(=O)c1ccc(OCc2ccc(C(=O)Nc3ncn(Cc4c(Cl)cccc4Cl)n3)o2)cc1. The van der Waals surface area contributed by atoms with Crippen molar-refractivity contribution in [1.29, 1.82) is 0 Å². The van der Waals surface area contributed by atoms with Crippen molar-refractivity contribution in [2.24, 2.45) is 0 Å². The molecule has 0 saturated carbocycles. The molecule has 0 unspecified atom stereocenters. The van der Waals surface area contributed by atoms with Gasteiger partial charge in [0.15, 0.2) is 5.76 Å². The summed E-state index contributed by atoms with van der Waals surface area (Å²) in [4.78, 5) is 28.0. The Labute approximate surface area is 204 Å². The van der Waals surface area contributed by atoms with Crippen molar-refractivity contribution in [3.8, 4) is 5.75 Å². The van der Waals surface area contributed by atoms with Crippen LogP contribution in [-0.2, 0) is 17.9 Å². The number of furan rings is 1. The molecule has 0 saturated heterocycles. The fraction of sp³-hybridized carbons (Fsp3) is 0.130. The maximum atomic E-state index is 12.5. The number of nitrogens with one attached hydrogen (secondary N) is 1. The van der Waals surface area contributed by atoms with Crippen molar-refractivity contribution >= 4 is 41.0 Å². The van der Waals surface area contributed by atoms with Gasteiger partial charge < -0.3 is 13.9 Å². The van der Waals surface area contributed by atoms with Gasteiger partial charge in [0.1, 0.15) is 24.4 Å². The minimum absolute atomic E-state index is 0.0742. The van der Waals surface area contributed by atoms with E-state index in [4.69, 9.17) is 32.4 Å². The zero-order valence-corrected chi connectivity index (χ0v) is 19.3. The third-order valence-electron chi connectivity index (χ3n) is 4.69. The molecule has 9 nitrogen and oxygen atoms in total. The van der Waals surface area contributed by atoms with Crippen LogP contribution in [0.2, 0.25) is 10.0 Å². The molecule has 4 aromatic rings. The Kier molecular flexibility index (Phi) is 7.15. The molecule has 0 radical (unpaired) electrons. The number of amides is 1. The largest absolute Gasteiger partial charge is 0.486 e. The Hall–Kier alpha value is -3.82. The minimum atomic E-state index is -0.512. The maximum Gasteiger partial charge on any atom is 0.337 e. The molecule has 34 heavy (non-hydrogen) atoms. The van der Waals surface area contributed by atoms with Crippen LogP contribution in [0.3, 0.4) is 0 Å². The number of hydrogen-bond donors (Lipinski definition) is 1. The Morgan fingerprint density at radius 3 is 2.50 bits per heavy atom. The Bertz CT molecular complexity index is 1300. The van der Waals surface area contributed by atoms with Crippen molar-refractivity contribution in [2.45, 2.75) is 13.2 Å². The molecule has 0 aliphatic rings. The summed E-state index contributed by atoms with van der Waals surface area (Å²) in [5, 5.41) is 7.82. The van der Waals surface area contributed by atoms with Crippen LogP contribution in [-0.4, -0.2) is 33.8 Å². The monoisotopic (exact) mass is 500 g/mol. The number of anilines is 1. The van der Waals surface area contributed by atoms with E-state index in [0.717, 1.165) is 0 Å². The lowest BCUT2D eigenvalue weighted by Crippen LogP contribution is -2.12. The van der Waals surface area contributed by atoms with Gasteiger partial charge in [0.05, 0.1) is 19.2 Å². The van der Waals surface area contributed by atoms with E-state index < -0.39 is 11.9 Å². The van der Waals surface area contributed by atoms with Gasteiger partial charge in [-0.05, 0) is 48.5 Å². The van der Waals surface area contributed by atoms with Gasteiger partial charge in [-0.25, -0.2) is 14.5 Å². The molecule has 0 atom stereocenters. The lowest BCUT2D eigenvalue weighted by molar-refractivity contribution is 0.0600. The normalized spacial score (nSPS) is 10.7. The number of ether oxygens (including phenoxy) is 2. The summed E-state index contributed by atoms with van der Waals surface area (Å²) in [7, 11) is 1.32. The first-order valence-corrected chi connectivity index (χ1v) is 10.7. The minimum Gasteiger partial charge on any atom is -0.486 e. The van der Waals surface area contributed by atoms with E-state index in [0.29, 0.717) is 39.2 Å². The second kappa shape index (κ2) is 10.4. The summed E-state index contributed by atoms with van der Waals surface area (Å²) >= 11 is 12.4. The van der Waals surface area contributed by atoms with Crippen molar-refractivity contribution in [3.63, 3.8) is 0 Å². The molecule has 0 spiro atoms. The summed E-state index contributed by atoms with van der Waals surface area (Å²) in [6, 6.07) is 14.8. The quantitative estimate of drug-likeness (QED) is 0.344. The number of esters is 1.